The number of hydrogen-bond acceptors (Lipinski definition) is 4. The summed E-state index contributed by atoms with van der Waals surface area (Å²) in [6.07, 6.45) is 1.50. The average molecular weight is 374 g/mol. The maximum absolute atomic E-state index is 13.1. The molecule has 0 aliphatic heterocycles. The molecule has 8 heteroatoms. The van der Waals surface area contributed by atoms with Crippen LogP contribution in [-0.2, 0) is 16.6 Å². The van der Waals surface area contributed by atoms with Gasteiger partial charge in [0.15, 0.2) is 0 Å². The van der Waals surface area contributed by atoms with Crippen LogP contribution in [0.15, 0.2) is 45.9 Å². The Morgan fingerprint density at radius 1 is 1.33 bits per heavy atom. The van der Waals surface area contributed by atoms with Gasteiger partial charge >= 0.3 is 0 Å². The molecule has 0 radical (unpaired) electrons. The molecule has 1 heterocycles. The van der Waals surface area contributed by atoms with Gasteiger partial charge in [-0.25, -0.2) is 22.5 Å². The Labute approximate surface area is 130 Å². The number of anilines is 1. The molecule has 0 unspecified atom stereocenters. The number of halogens is 2. The van der Waals surface area contributed by atoms with Crippen molar-refractivity contribution in [2.75, 3.05) is 12.4 Å². The summed E-state index contributed by atoms with van der Waals surface area (Å²) in [6, 6.07) is 7.20. The molecule has 112 valence electrons. The Balaban J connectivity index is 2.24. The second-order valence-corrected chi connectivity index (χ2v) is 6.86. The van der Waals surface area contributed by atoms with Crippen LogP contribution in [0.4, 0.5) is 10.2 Å². The monoisotopic (exact) mass is 373 g/mol. The fraction of sp³-hybridized carbons (Fsp3) is 0.154. The topological polar surface area (TPSA) is 71.1 Å². The summed E-state index contributed by atoms with van der Waals surface area (Å²) in [6.45, 7) is -0.00421. The van der Waals surface area contributed by atoms with Crippen LogP contribution in [0.1, 0.15) is 5.56 Å². The number of hydrogen-bond donors (Lipinski definition) is 2. The van der Waals surface area contributed by atoms with E-state index in [4.69, 9.17) is 0 Å². The molecule has 2 rings (SSSR count). The quantitative estimate of drug-likeness (QED) is 0.844. The standard InChI is InChI=1S/C13H13BrFN3O2S/c1-16-13-12(6-10(14)8-17-13)21(19,20)18-7-9-3-2-4-11(15)5-9/h2-6,8,18H,7H2,1H3,(H,16,17). The summed E-state index contributed by atoms with van der Waals surface area (Å²) in [5.74, 6) is -0.170. The molecule has 0 saturated heterocycles. The second-order valence-electron chi connectivity index (χ2n) is 4.20. The van der Waals surface area contributed by atoms with Crippen LogP contribution in [-0.4, -0.2) is 20.4 Å². The van der Waals surface area contributed by atoms with E-state index in [9.17, 15) is 12.8 Å². The first-order chi connectivity index (χ1) is 9.92. The van der Waals surface area contributed by atoms with Gasteiger partial charge in [0.1, 0.15) is 16.5 Å². The van der Waals surface area contributed by atoms with E-state index in [0.29, 0.717) is 10.0 Å². The van der Waals surface area contributed by atoms with Crippen LogP contribution >= 0.6 is 15.9 Å². The van der Waals surface area contributed by atoms with Gasteiger partial charge in [-0.2, -0.15) is 0 Å². The fourth-order valence-corrected chi connectivity index (χ4v) is 3.40. The van der Waals surface area contributed by atoms with Gasteiger partial charge < -0.3 is 5.32 Å². The Morgan fingerprint density at radius 3 is 2.76 bits per heavy atom. The minimum Gasteiger partial charge on any atom is -0.372 e. The molecule has 0 fully saturated rings. The minimum absolute atomic E-state index is 0.00421. The van der Waals surface area contributed by atoms with Crippen LogP contribution in [0.5, 0.6) is 0 Å². The molecule has 0 saturated carbocycles. The van der Waals surface area contributed by atoms with Crippen molar-refractivity contribution in [3.8, 4) is 0 Å². The van der Waals surface area contributed by atoms with Crippen LogP contribution in [0, 0.1) is 5.82 Å². The van der Waals surface area contributed by atoms with Crippen LogP contribution < -0.4 is 10.0 Å². The lowest BCUT2D eigenvalue weighted by Gasteiger charge is -2.11. The third-order valence-corrected chi connectivity index (χ3v) is 4.55. The van der Waals surface area contributed by atoms with Gasteiger partial charge in [-0.15, -0.1) is 0 Å². The number of aromatic nitrogens is 1. The molecule has 1 aromatic carbocycles. The maximum Gasteiger partial charge on any atom is 0.244 e. The van der Waals surface area contributed by atoms with Crippen molar-refractivity contribution >= 4 is 31.8 Å². The lowest BCUT2D eigenvalue weighted by molar-refractivity contribution is 0.580. The lowest BCUT2D eigenvalue weighted by Crippen LogP contribution is -2.24. The minimum atomic E-state index is -3.76. The van der Waals surface area contributed by atoms with Gasteiger partial charge in [-0.3, -0.25) is 0 Å². The smallest absolute Gasteiger partial charge is 0.244 e. The number of pyridine rings is 1. The Kier molecular flexibility index (Phi) is 4.92. The molecule has 0 bridgehead atoms. The van der Waals surface area contributed by atoms with E-state index in [0.717, 1.165) is 0 Å². The van der Waals surface area contributed by atoms with Crippen LogP contribution in [0.25, 0.3) is 0 Å². The molecule has 5 nitrogen and oxygen atoms in total. The van der Waals surface area contributed by atoms with Crippen molar-refractivity contribution in [3.63, 3.8) is 0 Å². The van der Waals surface area contributed by atoms with Gasteiger partial charge in [-0.1, -0.05) is 12.1 Å². The zero-order chi connectivity index (χ0) is 15.5. The molecular formula is C13H13BrFN3O2S. The highest BCUT2D eigenvalue weighted by Gasteiger charge is 2.19. The van der Waals surface area contributed by atoms with Crippen molar-refractivity contribution in [1.29, 1.82) is 0 Å². The van der Waals surface area contributed by atoms with Crippen molar-refractivity contribution in [2.45, 2.75) is 11.4 Å². The predicted molar refractivity (Wildman–Crippen MR) is 81.9 cm³/mol. The molecule has 21 heavy (non-hydrogen) atoms. The van der Waals surface area contributed by atoms with E-state index < -0.39 is 15.8 Å². The highest BCUT2D eigenvalue weighted by molar-refractivity contribution is 9.10. The van der Waals surface area contributed by atoms with E-state index in [1.807, 2.05) is 0 Å². The molecule has 0 amide bonds. The Hall–Kier alpha value is -1.51. The largest absolute Gasteiger partial charge is 0.372 e. The zero-order valence-corrected chi connectivity index (χ0v) is 13.5. The van der Waals surface area contributed by atoms with Crippen molar-refractivity contribution in [3.05, 3.63) is 52.4 Å². The number of nitrogens with one attached hydrogen (secondary N) is 2. The summed E-state index contributed by atoms with van der Waals surface area (Å²) in [5, 5.41) is 2.73. The lowest BCUT2D eigenvalue weighted by atomic mass is 10.2. The fourth-order valence-electron chi connectivity index (χ4n) is 1.72. The Morgan fingerprint density at radius 2 is 2.10 bits per heavy atom. The average Bonchev–Trinajstić information content (AvgIpc) is 2.45. The molecule has 0 spiro atoms. The number of benzene rings is 1. The highest BCUT2D eigenvalue weighted by Crippen LogP contribution is 2.22. The van der Waals surface area contributed by atoms with Crippen LogP contribution in [0.3, 0.4) is 0 Å². The summed E-state index contributed by atoms with van der Waals surface area (Å²) in [5.41, 5.74) is 0.535. The molecule has 2 aromatic rings. The molecule has 0 atom stereocenters. The van der Waals surface area contributed by atoms with Gasteiger partial charge in [0.05, 0.1) is 0 Å². The van der Waals surface area contributed by atoms with Crippen LogP contribution in [0.2, 0.25) is 0 Å². The van der Waals surface area contributed by atoms with Gasteiger partial charge in [0.25, 0.3) is 0 Å². The number of rotatable bonds is 5. The van der Waals surface area contributed by atoms with E-state index in [1.54, 1.807) is 13.1 Å². The van der Waals surface area contributed by atoms with Crippen molar-refractivity contribution in [1.82, 2.24) is 9.71 Å². The van der Waals surface area contributed by atoms with E-state index in [1.165, 1.54) is 30.5 Å². The predicted octanol–water partition coefficient (Wildman–Crippen LogP) is 2.50. The molecule has 1 aromatic heterocycles. The molecule has 0 aliphatic carbocycles. The summed E-state index contributed by atoms with van der Waals surface area (Å²) in [7, 11) is -2.18. The van der Waals surface area contributed by atoms with Gasteiger partial charge in [-0.05, 0) is 39.7 Å². The second kappa shape index (κ2) is 6.50. The summed E-state index contributed by atoms with van der Waals surface area (Å²) >= 11 is 3.19. The molecule has 0 aliphatic rings. The summed E-state index contributed by atoms with van der Waals surface area (Å²) in [4.78, 5) is 4.02. The zero-order valence-electron chi connectivity index (χ0n) is 11.1. The third kappa shape index (κ3) is 3.99. The maximum atomic E-state index is 13.1. The highest BCUT2D eigenvalue weighted by atomic mass is 79.9. The molecular weight excluding hydrogens is 361 g/mol. The molecule has 2 N–H and O–H groups in total. The normalized spacial score (nSPS) is 11.4. The van der Waals surface area contributed by atoms with E-state index in [2.05, 4.69) is 31.0 Å². The SMILES string of the molecule is CNc1ncc(Br)cc1S(=O)(=O)NCc1cccc(F)c1. The van der Waals surface area contributed by atoms with Crippen molar-refractivity contribution < 1.29 is 12.8 Å². The van der Waals surface area contributed by atoms with E-state index in [-0.39, 0.29) is 17.3 Å². The van der Waals surface area contributed by atoms with Gasteiger partial charge in [0, 0.05) is 24.3 Å². The van der Waals surface area contributed by atoms with Crippen molar-refractivity contribution in [2.24, 2.45) is 0 Å². The first-order valence-electron chi connectivity index (χ1n) is 6.00. The Bertz CT molecular complexity index is 753. The van der Waals surface area contributed by atoms with Gasteiger partial charge in [0.2, 0.25) is 10.0 Å². The first-order valence-corrected chi connectivity index (χ1v) is 8.27. The number of nitrogens with zero attached hydrogens (tertiary/aromatic N) is 1. The first kappa shape index (κ1) is 15.9. The van der Waals surface area contributed by atoms with E-state index >= 15 is 0 Å². The number of sulfonamides is 1. The third-order valence-electron chi connectivity index (χ3n) is 2.70. The summed E-state index contributed by atoms with van der Waals surface area (Å²) < 4.78 is 40.7.